The van der Waals surface area contributed by atoms with Gasteiger partial charge in [-0.1, -0.05) is 35.9 Å². The molecular formula is C15H14ClFIN. The van der Waals surface area contributed by atoms with Crippen molar-refractivity contribution in [3.05, 3.63) is 68.0 Å². The summed E-state index contributed by atoms with van der Waals surface area (Å²) in [5, 5.41) is 3.40. The van der Waals surface area contributed by atoms with Crippen molar-refractivity contribution >= 4 is 34.2 Å². The maximum atomic E-state index is 13.9. The van der Waals surface area contributed by atoms with E-state index in [9.17, 15) is 4.39 Å². The van der Waals surface area contributed by atoms with E-state index in [0.717, 1.165) is 5.56 Å². The van der Waals surface area contributed by atoms with Crippen molar-refractivity contribution in [2.75, 3.05) is 7.05 Å². The molecule has 1 nitrogen and oxygen atoms in total. The van der Waals surface area contributed by atoms with Crippen LogP contribution in [0, 0.1) is 9.39 Å². The fraction of sp³-hybridized carbons (Fsp3) is 0.200. The number of hydrogen-bond donors (Lipinski definition) is 1. The highest BCUT2D eigenvalue weighted by Crippen LogP contribution is 2.24. The molecule has 0 saturated heterocycles. The summed E-state index contributed by atoms with van der Waals surface area (Å²) >= 11 is 8.08. The third-order valence-electron chi connectivity index (χ3n) is 3.08. The maximum Gasteiger partial charge on any atom is 0.145 e. The zero-order chi connectivity index (χ0) is 13.8. The second-order valence-corrected chi connectivity index (χ2v) is 5.96. The van der Waals surface area contributed by atoms with Crippen LogP contribution in [0.2, 0.25) is 5.02 Å². The molecule has 0 aromatic heterocycles. The SMILES string of the molecule is CNC(Cc1cccc(Cl)c1F)c1ccc(I)cc1. The molecule has 0 spiro atoms. The monoisotopic (exact) mass is 389 g/mol. The minimum Gasteiger partial charge on any atom is -0.313 e. The van der Waals surface area contributed by atoms with Crippen LogP contribution in [0.3, 0.4) is 0 Å². The molecule has 0 aliphatic rings. The lowest BCUT2D eigenvalue weighted by Gasteiger charge is -2.17. The fourth-order valence-corrected chi connectivity index (χ4v) is 2.56. The van der Waals surface area contributed by atoms with Gasteiger partial charge in [0.1, 0.15) is 5.82 Å². The number of benzene rings is 2. The molecule has 2 aromatic carbocycles. The summed E-state index contributed by atoms with van der Waals surface area (Å²) in [6, 6.07) is 13.4. The van der Waals surface area contributed by atoms with Crippen LogP contribution in [0.5, 0.6) is 0 Å². The van der Waals surface area contributed by atoms with Crippen LogP contribution >= 0.6 is 34.2 Å². The Balaban J connectivity index is 2.24. The summed E-state index contributed by atoms with van der Waals surface area (Å²) in [4.78, 5) is 0. The van der Waals surface area contributed by atoms with Gasteiger partial charge < -0.3 is 5.32 Å². The Morgan fingerprint density at radius 3 is 2.53 bits per heavy atom. The quantitative estimate of drug-likeness (QED) is 0.754. The van der Waals surface area contributed by atoms with Gasteiger partial charge in [-0.05, 0) is 65.4 Å². The fourth-order valence-electron chi connectivity index (χ4n) is 2.01. The smallest absolute Gasteiger partial charge is 0.145 e. The first-order chi connectivity index (χ1) is 9.11. The van der Waals surface area contributed by atoms with Crippen LogP contribution in [0.4, 0.5) is 4.39 Å². The largest absolute Gasteiger partial charge is 0.313 e. The molecule has 1 unspecified atom stereocenters. The van der Waals surface area contributed by atoms with Gasteiger partial charge in [0.25, 0.3) is 0 Å². The molecule has 0 radical (unpaired) electrons. The van der Waals surface area contributed by atoms with Gasteiger partial charge in [0.2, 0.25) is 0 Å². The number of hydrogen-bond acceptors (Lipinski definition) is 1. The first kappa shape index (κ1) is 14.8. The summed E-state index contributed by atoms with van der Waals surface area (Å²) < 4.78 is 15.1. The molecule has 0 heterocycles. The highest BCUT2D eigenvalue weighted by molar-refractivity contribution is 14.1. The highest BCUT2D eigenvalue weighted by atomic mass is 127. The first-order valence-corrected chi connectivity index (χ1v) is 7.43. The standard InChI is InChI=1S/C15H14ClFIN/c1-19-14(10-5-7-12(18)8-6-10)9-11-3-2-4-13(16)15(11)17/h2-8,14,19H,9H2,1H3. The average molecular weight is 390 g/mol. The Hall–Kier alpha value is -0.650. The van der Waals surface area contributed by atoms with E-state index in [0.29, 0.717) is 12.0 Å². The number of likely N-dealkylation sites (N-methyl/N-ethyl adjacent to an activating group) is 1. The first-order valence-electron chi connectivity index (χ1n) is 5.97. The van der Waals surface area contributed by atoms with Crippen LogP contribution in [-0.2, 0) is 6.42 Å². The van der Waals surface area contributed by atoms with E-state index in [2.05, 4.69) is 52.2 Å². The van der Waals surface area contributed by atoms with E-state index >= 15 is 0 Å². The van der Waals surface area contributed by atoms with Crippen molar-refractivity contribution in [3.8, 4) is 0 Å². The minimum absolute atomic E-state index is 0.0740. The molecular weight excluding hydrogens is 376 g/mol. The summed E-state index contributed by atoms with van der Waals surface area (Å²) in [5.74, 6) is -0.324. The van der Waals surface area contributed by atoms with E-state index in [1.807, 2.05) is 7.05 Å². The lowest BCUT2D eigenvalue weighted by atomic mass is 9.99. The van der Waals surface area contributed by atoms with Crippen molar-refractivity contribution in [2.45, 2.75) is 12.5 Å². The van der Waals surface area contributed by atoms with E-state index in [1.54, 1.807) is 18.2 Å². The Kier molecular flexibility index (Phi) is 5.19. The Labute approximate surface area is 131 Å². The van der Waals surface area contributed by atoms with Crippen molar-refractivity contribution in [2.24, 2.45) is 0 Å². The lowest BCUT2D eigenvalue weighted by Crippen LogP contribution is -2.19. The van der Waals surface area contributed by atoms with Crippen molar-refractivity contribution in [1.29, 1.82) is 0 Å². The van der Waals surface area contributed by atoms with E-state index in [1.165, 1.54) is 3.57 Å². The second kappa shape index (κ2) is 6.68. The Bertz CT molecular complexity index is 557. The minimum atomic E-state index is -0.324. The van der Waals surface area contributed by atoms with Gasteiger partial charge in [0.15, 0.2) is 0 Å². The molecule has 0 amide bonds. The predicted molar refractivity (Wildman–Crippen MR) is 86.1 cm³/mol. The van der Waals surface area contributed by atoms with Gasteiger partial charge >= 0.3 is 0 Å². The number of rotatable bonds is 4. The summed E-state index contributed by atoms with van der Waals surface area (Å²) in [6.07, 6.45) is 0.573. The average Bonchev–Trinajstić information content (AvgIpc) is 2.42. The van der Waals surface area contributed by atoms with Crippen LogP contribution in [0.1, 0.15) is 17.2 Å². The Morgan fingerprint density at radius 2 is 1.89 bits per heavy atom. The van der Waals surface area contributed by atoms with Crippen molar-refractivity contribution in [1.82, 2.24) is 5.32 Å². The van der Waals surface area contributed by atoms with E-state index < -0.39 is 0 Å². The third-order valence-corrected chi connectivity index (χ3v) is 4.09. The second-order valence-electron chi connectivity index (χ2n) is 4.31. The topological polar surface area (TPSA) is 12.0 Å². The van der Waals surface area contributed by atoms with Gasteiger partial charge in [0, 0.05) is 9.61 Å². The highest BCUT2D eigenvalue weighted by Gasteiger charge is 2.14. The molecule has 19 heavy (non-hydrogen) atoms. The van der Waals surface area contributed by atoms with Crippen LogP contribution in [0.15, 0.2) is 42.5 Å². The van der Waals surface area contributed by atoms with Crippen molar-refractivity contribution < 1.29 is 4.39 Å². The summed E-state index contributed by atoms with van der Waals surface area (Å²) in [6.45, 7) is 0. The zero-order valence-electron chi connectivity index (χ0n) is 10.5. The maximum absolute atomic E-state index is 13.9. The molecule has 0 aliphatic carbocycles. The molecule has 2 aromatic rings. The van der Waals surface area contributed by atoms with Gasteiger partial charge in [-0.2, -0.15) is 0 Å². The van der Waals surface area contributed by atoms with Gasteiger partial charge in [-0.15, -0.1) is 0 Å². The molecule has 0 aliphatic heterocycles. The van der Waals surface area contributed by atoms with Gasteiger partial charge in [0.05, 0.1) is 5.02 Å². The third kappa shape index (κ3) is 3.68. The van der Waals surface area contributed by atoms with Gasteiger partial charge in [-0.25, -0.2) is 4.39 Å². The van der Waals surface area contributed by atoms with Crippen LogP contribution in [-0.4, -0.2) is 7.05 Å². The Morgan fingerprint density at radius 1 is 1.21 bits per heavy atom. The van der Waals surface area contributed by atoms with Gasteiger partial charge in [-0.3, -0.25) is 0 Å². The van der Waals surface area contributed by atoms with E-state index in [4.69, 9.17) is 11.6 Å². The molecule has 0 saturated carbocycles. The molecule has 1 atom stereocenters. The normalized spacial score (nSPS) is 12.4. The molecule has 0 bridgehead atoms. The number of nitrogens with one attached hydrogen (secondary N) is 1. The molecule has 1 N–H and O–H groups in total. The van der Waals surface area contributed by atoms with Crippen LogP contribution in [0.25, 0.3) is 0 Å². The zero-order valence-corrected chi connectivity index (χ0v) is 13.4. The lowest BCUT2D eigenvalue weighted by molar-refractivity contribution is 0.554. The molecule has 4 heteroatoms. The molecule has 100 valence electrons. The molecule has 0 fully saturated rings. The predicted octanol–water partition coefficient (Wildman–Crippen LogP) is 4.59. The molecule has 2 rings (SSSR count). The summed E-state index contributed by atoms with van der Waals surface area (Å²) in [7, 11) is 1.88. The van der Waals surface area contributed by atoms with E-state index in [-0.39, 0.29) is 16.9 Å². The summed E-state index contributed by atoms with van der Waals surface area (Å²) in [5.41, 5.74) is 1.77. The number of halogens is 3. The van der Waals surface area contributed by atoms with Crippen molar-refractivity contribution in [3.63, 3.8) is 0 Å². The van der Waals surface area contributed by atoms with Crippen LogP contribution < -0.4 is 5.32 Å².